The van der Waals surface area contributed by atoms with Gasteiger partial charge in [0.1, 0.15) is 0 Å². The van der Waals surface area contributed by atoms with Crippen LogP contribution in [0.25, 0.3) is 0 Å². The monoisotopic (exact) mass is 255 g/mol. The van der Waals surface area contributed by atoms with Crippen molar-refractivity contribution in [1.29, 1.82) is 0 Å². The van der Waals surface area contributed by atoms with E-state index >= 15 is 0 Å². The molecule has 18 heavy (non-hydrogen) atoms. The number of hydrogen-bond donors (Lipinski definition) is 1. The van der Waals surface area contributed by atoms with Gasteiger partial charge in [0.05, 0.1) is 18.3 Å². The summed E-state index contributed by atoms with van der Waals surface area (Å²) in [6.45, 7) is 11.6. The van der Waals surface area contributed by atoms with Gasteiger partial charge in [0.2, 0.25) is 0 Å². The van der Waals surface area contributed by atoms with Gasteiger partial charge in [-0.1, -0.05) is 13.8 Å². The molecule has 1 saturated carbocycles. The van der Waals surface area contributed by atoms with Crippen LogP contribution >= 0.6 is 0 Å². The van der Waals surface area contributed by atoms with Crippen molar-refractivity contribution in [2.24, 2.45) is 11.8 Å². The molecule has 1 heterocycles. The average Bonchev–Trinajstić information content (AvgIpc) is 2.27. The third kappa shape index (κ3) is 3.25. The molecule has 2 aliphatic rings. The topological polar surface area (TPSA) is 32.7 Å². The predicted octanol–water partition coefficient (Wildman–Crippen LogP) is 2.28. The van der Waals surface area contributed by atoms with E-state index in [4.69, 9.17) is 4.74 Å². The van der Waals surface area contributed by atoms with Gasteiger partial charge in [-0.2, -0.15) is 0 Å². The number of rotatable bonds is 2. The zero-order valence-corrected chi connectivity index (χ0v) is 12.4. The van der Waals surface area contributed by atoms with Crippen molar-refractivity contribution < 1.29 is 9.84 Å². The highest BCUT2D eigenvalue weighted by molar-refractivity contribution is 4.91. The van der Waals surface area contributed by atoms with E-state index in [9.17, 15) is 5.11 Å². The lowest BCUT2D eigenvalue weighted by Crippen LogP contribution is -2.57. The van der Waals surface area contributed by atoms with Crippen LogP contribution < -0.4 is 0 Å². The molecule has 0 amide bonds. The van der Waals surface area contributed by atoms with Crippen molar-refractivity contribution in [3.8, 4) is 0 Å². The second-order valence-corrected chi connectivity index (χ2v) is 7.03. The molecule has 3 unspecified atom stereocenters. The molecule has 3 nitrogen and oxygen atoms in total. The van der Waals surface area contributed by atoms with Gasteiger partial charge < -0.3 is 9.84 Å². The molecule has 0 aromatic carbocycles. The first-order valence-electron chi connectivity index (χ1n) is 7.45. The van der Waals surface area contributed by atoms with Crippen LogP contribution in [0.1, 0.15) is 47.0 Å². The first kappa shape index (κ1) is 14.3. The molecule has 0 aromatic rings. The fraction of sp³-hybridized carbons (Fsp3) is 1.00. The van der Waals surface area contributed by atoms with Gasteiger partial charge in [0.25, 0.3) is 0 Å². The first-order valence-corrected chi connectivity index (χ1v) is 7.45. The van der Waals surface area contributed by atoms with E-state index < -0.39 is 0 Å². The lowest BCUT2D eigenvalue weighted by molar-refractivity contribution is -0.120. The zero-order chi connectivity index (χ0) is 13.3. The van der Waals surface area contributed by atoms with Crippen molar-refractivity contribution in [2.45, 2.75) is 64.7 Å². The van der Waals surface area contributed by atoms with Crippen molar-refractivity contribution in [2.75, 3.05) is 19.7 Å². The zero-order valence-electron chi connectivity index (χ0n) is 12.4. The number of hydrogen-bond acceptors (Lipinski definition) is 3. The number of nitrogens with zero attached hydrogens (tertiary/aromatic N) is 1. The largest absolute Gasteiger partial charge is 0.391 e. The Hall–Kier alpha value is -0.120. The minimum Gasteiger partial charge on any atom is -0.391 e. The van der Waals surface area contributed by atoms with E-state index in [-0.39, 0.29) is 11.7 Å². The van der Waals surface area contributed by atoms with Gasteiger partial charge in [-0.05, 0) is 44.9 Å². The highest BCUT2D eigenvalue weighted by Gasteiger charge is 2.38. The summed E-state index contributed by atoms with van der Waals surface area (Å²) >= 11 is 0. The summed E-state index contributed by atoms with van der Waals surface area (Å²) in [6, 6.07) is 0.342. The second kappa shape index (κ2) is 5.48. The number of aliphatic hydroxyl groups excluding tert-OH is 1. The van der Waals surface area contributed by atoms with E-state index in [1.165, 1.54) is 6.42 Å². The maximum Gasteiger partial charge on any atom is 0.0753 e. The summed E-state index contributed by atoms with van der Waals surface area (Å²) in [6.07, 6.45) is 3.15. The second-order valence-electron chi connectivity index (χ2n) is 7.03. The van der Waals surface area contributed by atoms with E-state index in [1.807, 2.05) is 0 Å². The molecular weight excluding hydrogens is 226 g/mol. The lowest BCUT2D eigenvalue weighted by atomic mass is 9.77. The van der Waals surface area contributed by atoms with Crippen LogP contribution in [0.4, 0.5) is 0 Å². The van der Waals surface area contributed by atoms with Crippen molar-refractivity contribution in [3.05, 3.63) is 0 Å². The maximum absolute atomic E-state index is 10.3. The lowest BCUT2D eigenvalue weighted by Gasteiger charge is -2.47. The molecule has 0 bridgehead atoms. The van der Waals surface area contributed by atoms with Crippen LogP contribution in [-0.4, -0.2) is 47.4 Å². The van der Waals surface area contributed by atoms with E-state index in [0.29, 0.717) is 6.04 Å². The van der Waals surface area contributed by atoms with Gasteiger partial charge in [0.15, 0.2) is 0 Å². The summed E-state index contributed by atoms with van der Waals surface area (Å²) < 4.78 is 5.77. The van der Waals surface area contributed by atoms with Gasteiger partial charge in [-0.3, -0.25) is 4.90 Å². The normalized spacial score (nSPS) is 38.0. The van der Waals surface area contributed by atoms with Crippen LogP contribution in [0.2, 0.25) is 0 Å². The molecule has 0 spiro atoms. The molecule has 106 valence electrons. The molecule has 3 heteroatoms. The van der Waals surface area contributed by atoms with Crippen molar-refractivity contribution >= 4 is 0 Å². The standard InChI is InChI=1S/C15H29NO2/c1-11(2)12-5-6-14(17)13(9-12)16-7-8-18-15(3,4)10-16/h11-14,17H,5-10H2,1-4H3. The van der Waals surface area contributed by atoms with Crippen LogP contribution in [-0.2, 0) is 4.74 Å². The molecule has 2 rings (SSSR count). The van der Waals surface area contributed by atoms with Gasteiger partial charge in [-0.15, -0.1) is 0 Å². The van der Waals surface area contributed by atoms with E-state index in [2.05, 4.69) is 32.6 Å². The molecule has 0 radical (unpaired) electrons. The highest BCUT2D eigenvalue weighted by atomic mass is 16.5. The predicted molar refractivity (Wildman–Crippen MR) is 73.6 cm³/mol. The molecular formula is C15H29NO2. The first-order chi connectivity index (χ1) is 8.39. The molecule has 1 saturated heterocycles. The van der Waals surface area contributed by atoms with Crippen LogP contribution in [0.5, 0.6) is 0 Å². The number of morpholine rings is 1. The molecule has 0 aromatic heterocycles. The highest BCUT2D eigenvalue weighted by Crippen LogP contribution is 2.34. The molecule has 2 fully saturated rings. The SMILES string of the molecule is CC(C)C1CCC(O)C(N2CCOC(C)(C)C2)C1. The van der Waals surface area contributed by atoms with Crippen molar-refractivity contribution in [3.63, 3.8) is 0 Å². The molecule has 3 atom stereocenters. The Bertz CT molecular complexity index is 278. The summed E-state index contributed by atoms with van der Waals surface area (Å²) in [5, 5.41) is 10.3. The Kier molecular flexibility index (Phi) is 4.35. The smallest absolute Gasteiger partial charge is 0.0753 e. The molecule has 1 aliphatic carbocycles. The Labute approximate surface area is 112 Å². The maximum atomic E-state index is 10.3. The minimum absolute atomic E-state index is 0.0667. The summed E-state index contributed by atoms with van der Waals surface area (Å²) in [5.41, 5.74) is -0.0667. The molecule has 1 N–H and O–H groups in total. The van der Waals surface area contributed by atoms with Gasteiger partial charge in [-0.25, -0.2) is 0 Å². The number of ether oxygens (including phenoxy) is 1. The Morgan fingerprint density at radius 1 is 1.28 bits per heavy atom. The van der Waals surface area contributed by atoms with Crippen molar-refractivity contribution in [1.82, 2.24) is 4.90 Å². The van der Waals surface area contributed by atoms with Gasteiger partial charge >= 0.3 is 0 Å². The van der Waals surface area contributed by atoms with E-state index in [1.54, 1.807) is 0 Å². The minimum atomic E-state index is -0.145. The molecule has 1 aliphatic heterocycles. The number of aliphatic hydroxyl groups is 1. The quantitative estimate of drug-likeness (QED) is 0.821. The van der Waals surface area contributed by atoms with Crippen LogP contribution in [0.15, 0.2) is 0 Å². The van der Waals surface area contributed by atoms with E-state index in [0.717, 1.165) is 44.4 Å². The summed E-state index contributed by atoms with van der Waals surface area (Å²) in [5.74, 6) is 1.50. The van der Waals surface area contributed by atoms with Crippen LogP contribution in [0.3, 0.4) is 0 Å². The Balaban J connectivity index is 2.01. The van der Waals surface area contributed by atoms with Gasteiger partial charge in [0, 0.05) is 19.1 Å². The average molecular weight is 255 g/mol. The summed E-state index contributed by atoms with van der Waals surface area (Å²) in [7, 11) is 0. The van der Waals surface area contributed by atoms with Crippen LogP contribution in [0, 0.1) is 11.8 Å². The summed E-state index contributed by atoms with van der Waals surface area (Å²) in [4.78, 5) is 2.46. The fourth-order valence-corrected chi connectivity index (χ4v) is 3.50. The Morgan fingerprint density at radius 2 is 2.00 bits per heavy atom. The third-order valence-corrected chi connectivity index (χ3v) is 4.69. The third-order valence-electron chi connectivity index (χ3n) is 4.69. The fourth-order valence-electron chi connectivity index (χ4n) is 3.50. The Morgan fingerprint density at radius 3 is 2.61 bits per heavy atom.